The number of nitrogens with zero attached hydrogens (tertiary/aromatic N) is 2. The average Bonchev–Trinajstić information content (AvgIpc) is 3.18. The van der Waals surface area contributed by atoms with Crippen LogP contribution in [0.5, 0.6) is 0 Å². The van der Waals surface area contributed by atoms with E-state index in [1.165, 1.54) is 12.1 Å². The summed E-state index contributed by atoms with van der Waals surface area (Å²) in [4.78, 5) is 8.72. The highest BCUT2D eigenvalue weighted by Crippen LogP contribution is 2.30. The molecule has 1 N–H and O–H groups in total. The largest absolute Gasteiger partial charge is 0.376 e. The maximum absolute atomic E-state index is 13.4. The number of rotatable bonds is 4. The summed E-state index contributed by atoms with van der Waals surface area (Å²) in [6, 6.07) is 8.03. The van der Waals surface area contributed by atoms with Crippen LogP contribution >= 0.6 is 0 Å². The summed E-state index contributed by atoms with van der Waals surface area (Å²) in [5.74, 6) is 0.174. The van der Waals surface area contributed by atoms with Crippen LogP contribution in [0.1, 0.15) is 0 Å². The third-order valence-corrected chi connectivity index (χ3v) is 4.40. The molecule has 0 unspecified atom stereocenters. The van der Waals surface area contributed by atoms with Crippen molar-refractivity contribution in [2.24, 2.45) is 0 Å². The quantitative estimate of drug-likeness (QED) is 0.923. The van der Waals surface area contributed by atoms with E-state index in [0.29, 0.717) is 30.4 Å². The van der Waals surface area contributed by atoms with Crippen molar-refractivity contribution in [3.63, 3.8) is 0 Å². The minimum absolute atomic E-state index is 0.0404. The van der Waals surface area contributed by atoms with E-state index in [9.17, 15) is 4.39 Å². The Morgan fingerprint density at radius 2 is 2.08 bits per heavy atom. The van der Waals surface area contributed by atoms with E-state index in [0.717, 1.165) is 0 Å². The molecule has 1 aromatic heterocycles. The SMILES string of the molecule is CO[C@H]1CO[C@@H]2[C@@H]1OC[C@@H]2Nc1nccc(-c2cccc(F)c2)n1. The van der Waals surface area contributed by atoms with Crippen LogP contribution in [0.25, 0.3) is 11.3 Å². The Morgan fingerprint density at radius 1 is 1.21 bits per heavy atom. The molecular weight excluding hydrogens is 313 g/mol. The predicted octanol–water partition coefficient (Wildman–Crippen LogP) is 1.88. The molecule has 2 fully saturated rings. The number of hydrogen-bond donors (Lipinski definition) is 1. The molecule has 4 atom stereocenters. The van der Waals surface area contributed by atoms with Crippen LogP contribution in [0.15, 0.2) is 36.5 Å². The van der Waals surface area contributed by atoms with Crippen molar-refractivity contribution >= 4 is 5.95 Å². The smallest absolute Gasteiger partial charge is 0.223 e. The van der Waals surface area contributed by atoms with E-state index in [1.54, 1.807) is 25.4 Å². The van der Waals surface area contributed by atoms with Crippen molar-refractivity contribution in [1.82, 2.24) is 9.97 Å². The van der Waals surface area contributed by atoms with E-state index >= 15 is 0 Å². The Morgan fingerprint density at radius 3 is 2.92 bits per heavy atom. The van der Waals surface area contributed by atoms with Crippen molar-refractivity contribution < 1.29 is 18.6 Å². The molecule has 24 heavy (non-hydrogen) atoms. The van der Waals surface area contributed by atoms with Gasteiger partial charge in [-0.3, -0.25) is 0 Å². The molecule has 0 spiro atoms. The molecule has 4 rings (SSSR count). The fourth-order valence-electron chi connectivity index (χ4n) is 3.19. The molecule has 2 aliphatic heterocycles. The molecule has 7 heteroatoms. The molecule has 2 aromatic rings. The van der Waals surface area contributed by atoms with Crippen molar-refractivity contribution in [1.29, 1.82) is 0 Å². The zero-order chi connectivity index (χ0) is 16.5. The van der Waals surface area contributed by atoms with Gasteiger partial charge in [0.1, 0.15) is 24.1 Å². The van der Waals surface area contributed by atoms with Crippen molar-refractivity contribution in [3.8, 4) is 11.3 Å². The molecule has 3 heterocycles. The Kier molecular flexibility index (Phi) is 4.13. The molecule has 126 valence electrons. The van der Waals surface area contributed by atoms with E-state index < -0.39 is 0 Å². The molecule has 1 aromatic carbocycles. The highest BCUT2D eigenvalue weighted by molar-refractivity contribution is 5.59. The zero-order valence-electron chi connectivity index (χ0n) is 13.2. The molecule has 0 bridgehead atoms. The molecule has 0 aliphatic carbocycles. The first-order chi connectivity index (χ1) is 11.7. The summed E-state index contributed by atoms with van der Waals surface area (Å²) < 4.78 is 30.3. The molecule has 6 nitrogen and oxygen atoms in total. The number of halogens is 1. The standard InChI is InChI=1S/C17H18FN3O3/c1-22-14-9-24-15-13(8-23-16(14)15)21-17-19-6-5-12(20-17)10-3-2-4-11(18)7-10/h2-7,13-16H,8-9H2,1H3,(H,19,20,21)/t13-,14-,15-,16+/m0/s1. The van der Waals surface area contributed by atoms with E-state index in [4.69, 9.17) is 14.2 Å². The third kappa shape index (κ3) is 2.86. The normalized spacial score (nSPS) is 28.8. The Labute approximate surface area is 139 Å². The summed E-state index contributed by atoms with van der Waals surface area (Å²) in [6.45, 7) is 1.02. The lowest BCUT2D eigenvalue weighted by atomic mass is 10.1. The molecule has 0 amide bonds. The van der Waals surface area contributed by atoms with E-state index in [1.807, 2.05) is 6.07 Å². The van der Waals surface area contributed by atoms with Crippen LogP contribution in [0, 0.1) is 5.82 Å². The van der Waals surface area contributed by atoms with Crippen LogP contribution in [0.2, 0.25) is 0 Å². The first kappa shape index (κ1) is 15.4. The van der Waals surface area contributed by atoms with Crippen LogP contribution in [0.4, 0.5) is 10.3 Å². The van der Waals surface area contributed by atoms with E-state index in [2.05, 4.69) is 15.3 Å². The lowest BCUT2D eigenvalue weighted by Crippen LogP contribution is -2.36. The van der Waals surface area contributed by atoms with Gasteiger partial charge in [0.05, 0.1) is 24.9 Å². The van der Waals surface area contributed by atoms with Gasteiger partial charge in [0, 0.05) is 18.9 Å². The summed E-state index contributed by atoms with van der Waals surface area (Å²) >= 11 is 0. The number of hydrogen-bond acceptors (Lipinski definition) is 6. The van der Waals surface area contributed by atoms with Gasteiger partial charge in [-0.15, -0.1) is 0 Å². The van der Waals surface area contributed by atoms with Gasteiger partial charge in [-0.25, -0.2) is 14.4 Å². The Balaban J connectivity index is 1.51. The zero-order valence-corrected chi connectivity index (χ0v) is 13.2. The lowest BCUT2D eigenvalue weighted by Gasteiger charge is -2.17. The average molecular weight is 331 g/mol. The molecule has 0 radical (unpaired) electrons. The minimum atomic E-state index is -0.294. The highest BCUT2D eigenvalue weighted by atomic mass is 19.1. The van der Waals surface area contributed by atoms with Crippen LogP contribution in [-0.4, -0.2) is 54.6 Å². The van der Waals surface area contributed by atoms with Gasteiger partial charge < -0.3 is 19.5 Å². The van der Waals surface area contributed by atoms with Gasteiger partial charge in [-0.1, -0.05) is 12.1 Å². The van der Waals surface area contributed by atoms with Gasteiger partial charge in [0.2, 0.25) is 5.95 Å². The van der Waals surface area contributed by atoms with Crippen molar-refractivity contribution in [2.75, 3.05) is 25.6 Å². The van der Waals surface area contributed by atoms with Crippen LogP contribution in [-0.2, 0) is 14.2 Å². The Hall–Kier alpha value is -2.09. The molecule has 0 saturated carbocycles. The molecular formula is C17H18FN3O3. The van der Waals surface area contributed by atoms with Crippen molar-refractivity contribution in [3.05, 3.63) is 42.3 Å². The third-order valence-electron chi connectivity index (χ3n) is 4.40. The first-order valence-corrected chi connectivity index (χ1v) is 7.86. The maximum atomic E-state index is 13.4. The number of nitrogens with one attached hydrogen (secondary N) is 1. The summed E-state index contributed by atoms with van der Waals surface area (Å²) in [5, 5.41) is 3.26. The summed E-state index contributed by atoms with van der Waals surface area (Å²) in [7, 11) is 1.66. The first-order valence-electron chi connectivity index (χ1n) is 7.86. The fraction of sp³-hybridized carbons (Fsp3) is 0.412. The minimum Gasteiger partial charge on any atom is -0.376 e. The second-order valence-electron chi connectivity index (χ2n) is 5.90. The number of fused-ring (bicyclic) bond motifs is 1. The molecule has 2 saturated heterocycles. The monoisotopic (exact) mass is 331 g/mol. The second-order valence-corrected chi connectivity index (χ2v) is 5.90. The predicted molar refractivity (Wildman–Crippen MR) is 85.1 cm³/mol. The molecule has 2 aliphatic rings. The van der Waals surface area contributed by atoms with Crippen LogP contribution in [0.3, 0.4) is 0 Å². The number of aromatic nitrogens is 2. The number of benzene rings is 1. The fourth-order valence-corrected chi connectivity index (χ4v) is 3.19. The highest BCUT2D eigenvalue weighted by Gasteiger charge is 2.48. The number of anilines is 1. The topological polar surface area (TPSA) is 65.5 Å². The van der Waals surface area contributed by atoms with Gasteiger partial charge in [0.15, 0.2) is 0 Å². The van der Waals surface area contributed by atoms with Gasteiger partial charge in [-0.2, -0.15) is 0 Å². The Bertz CT molecular complexity index is 730. The van der Waals surface area contributed by atoms with Gasteiger partial charge in [-0.05, 0) is 18.2 Å². The van der Waals surface area contributed by atoms with E-state index in [-0.39, 0.29) is 30.2 Å². The van der Waals surface area contributed by atoms with Crippen molar-refractivity contribution in [2.45, 2.75) is 24.4 Å². The summed E-state index contributed by atoms with van der Waals surface area (Å²) in [5.41, 5.74) is 1.36. The van der Waals surface area contributed by atoms with Gasteiger partial charge >= 0.3 is 0 Å². The maximum Gasteiger partial charge on any atom is 0.223 e. The lowest BCUT2D eigenvalue weighted by molar-refractivity contribution is -0.00757. The second kappa shape index (κ2) is 6.43. The summed E-state index contributed by atoms with van der Waals surface area (Å²) in [6.07, 6.45) is 1.45. The van der Waals surface area contributed by atoms with Gasteiger partial charge in [0.25, 0.3) is 0 Å². The number of ether oxygens (including phenoxy) is 3. The number of methoxy groups -OCH3 is 1. The van der Waals surface area contributed by atoms with Crippen LogP contribution < -0.4 is 5.32 Å².